The lowest BCUT2D eigenvalue weighted by atomic mass is 10.2. The number of hydrogen-bond acceptors (Lipinski definition) is 9. The van der Waals surface area contributed by atoms with Crippen molar-refractivity contribution in [1.29, 1.82) is 0 Å². The Morgan fingerprint density at radius 1 is 1.23 bits per heavy atom. The number of amides is 1. The first-order valence-corrected chi connectivity index (χ1v) is 10.3. The molecule has 3 aromatic rings. The Bertz CT molecular complexity index is 1050. The highest BCUT2D eigenvalue weighted by atomic mass is 16.6. The number of rotatable bonds is 7. The highest BCUT2D eigenvalue weighted by Gasteiger charge is 2.28. The molecule has 0 unspecified atom stereocenters. The largest absolute Gasteiger partial charge is 0.447 e. The summed E-state index contributed by atoms with van der Waals surface area (Å²) in [4.78, 5) is 36.1. The minimum atomic E-state index is -0.328. The van der Waals surface area contributed by atoms with Crippen LogP contribution in [0.25, 0.3) is 22.6 Å². The maximum atomic E-state index is 12.2. The predicted molar refractivity (Wildman–Crippen MR) is 114 cm³/mol. The quantitative estimate of drug-likeness (QED) is 0.565. The molecule has 1 N–H and O–H groups in total. The second kappa shape index (κ2) is 9.21. The monoisotopic (exact) mass is 426 g/mol. The second-order valence-corrected chi connectivity index (χ2v) is 7.28. The molecule has 1 saturated heterocycles. The highest BCUT2D eigenvalue weighted by Crippen LogP contribution is 2.27. The molecule has 1 aliphatic rings. The average molecular weight is 426 g/mol. The summed E-state index contributed by atoms with van der Waals surface area (Å²) in [6, 6.07) is 0.0472. The molecule has 164 valence electrons. The smallest absolute Gasteiger partial charge is 0.409 e. The van der Waals surface area contributed by atoms with Gasteiger partial charge in [0.05, 0.1) is 12.2 Å². The zero-order chi connectivity index (χ0) is 21.8. The molecular weight excluding hydrogens is 400 g/mol. The van der Waals surface area contributed by atoms with Crippen LogP contribution in [-0.4, -0.2) is 79.9 Å². The standard InChI is InChI=1S/C20H26N8O3/c1-4-28-18(14-9-21-13(2)22-10-14)26-16-17(23-12-24-19(16)28)25-15-5-6-27(11-15)20(29)31-8-7-30-3/h9-10,12,15H,4-8,11H2,1-3H3,(H,23,24,25)/t15-/m0/s1. The Morgan fingerprint density at radius 3 is 2.77 bits per heavy atom. The van der Waals surface area contributed by atoms with Crippen LogP contribution in [0.15, 0.2) is 18.7 Å². The van der Waals surface area contributed by atoms with E-state index < -0.39 is 0 Å². The van der Waals surface area contributed by atoms with Gasteiger partial charge in [0.1, 0.15) is 24.6 Å². The van der Waals surface area contributed by atoms with Gasteiger partial charge in [0.25, 0.3) is 0 Å². The van der Waals surface area contributed by atoms with Crippen molar-refractivity contribution in [2.75, 3.05) is 38.7 Å². The Balaban J connectivity index is 1.54. The van der Waals surface area contributed by atoms with E-state index in [1.165, 1.54) is 6.33 Å². The number of aromatic nitrogens is 6. The van der Waals surface area contributed by atoms with Crippen molar-refractivity contribution in [1.82, 2.24) is 34.4 Å². The number of hydrogen-bond donors (Lipinski definition) is 1. The maximum absolute atomic E-state index is 12.2. The third-order valence-electron chi connectivity index (χ3n) is 5.19. The SMILES string of the molecule is CCn1c(-c2cnc(C)nc2)nc2c(N[C@H]3CCN(C(=O)OCCOC)C3)ncnc21. The van der Waals surface area contributed by atoms with E-state index in [9.17, 15) is 4.79 Å². The number of aryl methyl sites for hydroxylation is 2. The number of anilines is 1. The normalized spacial score (nSPS) is 16.1. The molecule has 0 bridgehead atoms. The van der Waals surface area contributed by atoms with E-state index in [0.29, 0.717) is 43.4 Å². The predicted octanol–water partition coefficient (Wildman–Crippen LogP) is 1.88. The molecule has 4 rings (SSSR count). The number of ether oxygens (including phenoxy) is 2. The summed E-state index contributed by atoms with van der Waals surface area (Å²) in [6.07, 6.45) is 5.52. The van der Waals surface area contributed by atoms with E-state index in [-0.39, 0.29) is 18.7 Å². The van der Waals surface area contributed by atoms with Crippen LogP contribution in [-0.2, 0) is 16.0 Å². The number of fused-ring (bicyclic) bond motifs is 1. The second-order valence-electron chi connectivity index (χ2n) is 7.28. The lowest BCUT2D eigenvalue weighted by Crippen LogP contribution is -2.32. The average Bonchev–Trinajstić information content (AvgIpc) is 3.39. The Kier molecular flexibility index (Phi) is 6.21. The van der Waals surface area contributed by atoms with Crippen molar-refractivity contribution in [3.8, 4) is 11.4 Å². The van der Waals surface area contributed by atoms with Gasteiger partial charge in [-0.2, -0.15) is 0 Å². The summed E-state index contributed by atoms with van der Waals surface area (Å²) in [5.41, 5.74) is 2.24. The number of carbonyl (C=O) groups is 1. The molecule has 31 heavy (non-hydrogen) atoms. The van der Waals surface area contributed by atoms with Gasteiger partial charge in [0.15, 0.2) is 17.0 Å². The van der Waals surface area contributed by atoms with Crippen LogP contribution >= 0.6 is 0 Å². The van der Waals surface area contributed by atoms with Crippen molar-refractivity contribution >= 4 is 23.1 Å². The molecule has 0 aliphatic carbocycles. The Hall–Kier alpha value is -3.34. The van der Waals surface area contributed by atoms with Crippen LogP contribution in [0.4, 0.5) is 10.6 Å². The van der Waals surface area contributed by atoms with Crippen molar-refractivity contribution in [2.45, 2.75) is 32.9 Å². The number of nitrogens with zero attached hydrogens (tertiary/aromatic N) is 7. The van der Waals surface area contributed by atoms with Crippen LogP contribution < -0.4 is 5.32 Å². The van der Waals surface area contributed by atoms with E-state index in [0.717, 1.165) is 23.5 Å². The summed E-state index contributed by atoms with van der Waals surface area (Å²) >= 11 is 0. The molecule has 11 heteroatoms. The molecule has 0 spiro atoms. The van der Waals surface area contributed by atoms with Crippen molar-refractivity contribution in [3.63, 3.8) is 0 Å². The summed E-state index contributed by atoms with van der Waals surface area (Å²) in [7, 11) is 1.57. The zero-order valence-corrected chi connectivity index (χ0v) is 17.9. The number of methoxy groups -OCH3 is 1. The number of likely N-dealkylation sites (tertiary alicyclic amines) is 1. The first-order valence-electron chi connectivity index (χ1n) is 10.3. The molecule has 4 heterocycles. The van der Waals surface area contributed by atoms with Crippen LogP contribution in [0.3, 0.4) is 0 Å². The van der Waals surface area contributed by atoms with Gasteiger partial charge in [-0.1, -0.05) is 0 Å². The third kappa shape index (κ3) is 4.41. The van der Waals surface area contributed by atoms with Crippen LogP contribution in [0, 0.1) is 6.92 Å². The Morgan fingerprint density at radius 2 is 2.03 bits per heavy atom. The van der Waals surface area contributed by atoms with Gasteiger partial charge in [0, 0.05) is 45.2 Å². The molecule has 11 nitrogen and oxygen atoms in total. The van der Waals surface area contributed by atoms with Gasteiger partial charge in [0.2, 0.25) is 0 Å². The fraction of sp³-hybridized carbons (Fsp3) is 0.500. The van der Waals surface area contributed by atoms with Gasteiger partial charge >= 0.3 is 6.09 Å². The van der Waals surface area contributed by atoms with Gasteiger partial charge in [-0.15, -0.1) is 0 Å². The van der Waals surface area contributed by atoms with E-state index in [1.807, 2.05) is 18.4 Å². The van der Waals surface area contributed by atoms with E-state index in [2.05, 4.69) is 25.3 Å². The molecule has 3 aromatic heterocycles. The molecule has 1 amide bonds. The van der Waals surface area contributed by atoms with Gasteiger partial charge < -0.3 is 24.3 Å². The minimum absolute atomic E-state index is 0.0472. The Labute approximate surface area is 179 Å². The lowest BCUT2D eigenvalue weighted by molar-refractivity contribution is 0.0767. The molecule has 1 fully saturated rings. The fourth-order valence-corrected chi connectivity index (χ4v) is 3.61. The molecular formula is C20H26N8O3. The lowest BCUT2D eigenvalue weighted by Gasteiger charge is -2.17. The third-order valence-corrected chi connectivity index (χ3v) is 5.19. The minimum Gasteiger partial charge on any atom is -0.447 e. The van der Waals surface area contributed by atoms with Crippen molar-refractivity contribution < 1.29 is 14.3 Å². The highest BCUT2D eigenvalue weighted by molar-refractivity contribution is 5.86. The summed E-state index contributed by atoms with van der Waals surface area (Å²) in [6.45, 7) is 6.36. The summed E-state index contributed by atoms with van der Waals surface area (Å²) < 4.78 is 12.1. The zero-order valence-electron chi connectivity index (χ0n) is 17.9. The van der Waals surface area contributed by atoms with Crippen molar-refractivity contribution in [2.24, 2.45) is 0 Å². The topological polar surface area (TPSA) is 120 Å². The molecule has 0 saturated carbocycles. The van der Waals surface area contributed by atoms with Crippen LogP contribution in [0.5, 0.6) is 0 Å². The fourth-order valence-electron chi connectivity index (χ4n) is 3.61. The molecule has 0 radical (unpaired) electrons. The van der Waals surface area contributed by atoms with E-state index in [1.54, 1.807) is 24.4 Å². The molecule has 0 aromatic carbocycles. The first-order chi connectivity index (χ1) is 15.1. The first kappa shape index (κ1) is 20.9. The van der Waals surface area contributed by atoms with Crippen molar-refractivity contribution in [3.05, 3.63) is 24.5 Å². The molecule has 1 aliphatic heterocycles. The summed E-state index contributed by atoms with van der Waals surface area (Å²) in [5.74, 6) is 2.10. The van der Waals surface area contributed by atoms with E-state index >= 15 is 0 Å². The van der Waals surface area contributed by atoms with Crippen LogP contribution in [0.1, 0.15) is 19.2 Å². The van der Waals surface area contributed by atoms with Crippen LogP contribution in [0.2, 0.25) is 0 Å². The van der Waals surface area contributed by atoms with Gasteiger partial charge in [-0.25, -0.2) is 29.7 Å². The van der Waals surface area contributed by atoms with Gasteiger partial charge in [-0.05, 0) is 20.3 Å². The van der Waals surface area contributed by atoms with E-state index in [4.69, 9.17) is 14.5 Å². The van der Waals surface area contributed by atoms with Gasteiger partial charge in [-0.3, -0.25) is 0 Å². The maximum Gasteiger partial charge on any atom is 0.409 e. The number of nitrogens with one attached hydrogen (secondary N) is 1. The number of carbonyl (C=O) groups excluding carboxylic acids is 1. The summed E-state index contributed by atoms with van der Waals surface area (Å²) in [5, 5.41) is 3.43. The molecule has 1 atom stereocenters. The number of imidazole rings is 1.